The number of pyridine rings is 1. The highest BCUT2D eigenvalue weighted by molar-refractivity contribution is 7.48. The number of carbonyl (C=O) groups excluding carboxylic acids is 1. The quantitative estimate of drug-likeness (QED) is 0.571. The molecule has 122 valence electrons. The van der Waals surface area contributed by atoms with E-state index in [-0.39, 0.29) is 0 Å². The Morgan fingerprint density at radius 1 is 1.18 bits per heavy atom. The summed E-state index contributed by atoms with van der Waals surface area (Å²) in [5.41, 5.74) is -6.83. The van der Waals surface area contributed by atoms with Gasteiger partial charge in [0.1, 0.15) is 0 Å². The Bertz CT molecular complexity index is 657. The molecule has 1 aromatic rings. The van der Waals surface area contributed by atoms with Crippen molar-refractivity contribution in [2.75, 3.05) is 0 Å². The van der Waals surface area contributed by atoms with Crippen LogP contribution in [0.1, 0.15) is 10.4 Å². The molecule has 0 fully saturated rings. The fraction of sp³-hybridized carbons (Fsp3) is 0.333. The molecular formula is C9H4F6NO5P. The molecule has 6 nitrogen and oxygen atoms in total. The first-order valence-electron chi connectivity index (χ1n) is 5.18. The summed E-state index contributed by atoms with van der Waals surface area (Å²) in [5, 5.41) is 0. The molecule has 0 saturated heterocycles. The van der Waals surface area contributed by atoms with Crippen molar-refractivity contribution in [3.05, 3.63) is 23.9 Å². The average molecular weight is 351 g/mol. The molecule has 1 aliphatic rings. The number of nitrogens with zero attached hydrogens (tertiary/aromatic N) is 1. The fourth-order valence-electron chi connectivity index (χ4n) is 1.69. The van der Waals surface area contributed by atoms with Crippen LogP contribution in [-0.4, -0.2) is 33.6 Å². The molecule has 0 aliphatic carbocycles. The zero-order valence-electron chi connectivity index (χ0n) is 9.97. The van der Waals surface area contributed by atoms with Gasteiger partial charge in [0.25, 0.3) is 0 Å². The Morgan fingerprint density at radius 2 is 1.73 bits per heavy atom. The van der Waals surface area contributed by atoms with Crippen LogP contribution < -0.4 is 4.52 Å². The van der Waals surface area contributed by atoms with Crippen molar-refractivity contribution in [2.45, 2.75) is 18.0 Å². The molecule has 0 radical (unpaired) electrons. The van der Waals surface area contributed by atoms with Crippen LogP contribution in [0.2, 0.25) is 0 Å². The predicted molar refractivity (Wildman–Crippen MR) is 54.9 cm³/mol. The van der Waals surface area contributed by atoms with Crippen LogP contribution in [-0.2, 0) is 9.09 Å². The second kappa shape index (κ2) is 4.67. The minimum atomic E-state index is -6.37. The number of ketones is 1. The maximum Gasteiger partial charge on any atom is 0.530 e. The van der Waals surface area contributed by atoms with Gasteiger partial charge in [-0.15, -0.1) is 0 Å². The van der Waals surface area contributed by atoms with Gasteiger partial charge in [0, 0.05) is 6.20 Å². The van der Waals surface area contributed by atoms with Crippen molar-refractivity contribution < 1.29 is 49.6 Å². The number of hydrogen-bond donors (Lipinski definition) is 1. The lowest BCUT2D eigenvalue weighted by Gasteiger charge is -2.33. The van der Waals surface area contributed by atoms with Gasteiger partial charge in [0.05, 0.1) is 5.56 Å². The van der Waals surface area contributed by atoms with Crippen molar-refractivity contribution in [1.82, 2.24) is 4.98 Å². The van der Waals surface area contributed by atoms with E-state index < -0.39 is 43.0 Å². The lowest BCUT2D eigenvalue weighted by atomic mass is 9.92. The minimum absolute atomic E-state index is 0.533. The molecule has 1 N–H and O–H groups in total. The minimum Gasteiger partial charge on any atom is -0.385 e. The number of aromatic nitrogens is 1. The summed E-state index contributed by atoms with van der Waals surface area (Å²) < 4.78 is 96.6. The van der Waals surface area contributed by atoms with Crippen LogP contribution in [0.5, 0.6) is 5.88 Å². The number of carbonyl (C=O) groups is 1. The van der Waals surface area contributed by atoms with Crippen LogP contribution in [0.3, 0.4) is 0 Å². The number of halogens is 6. The number of rotatable bonds is 0. The van der Waals surface area contributed by atoms with Crippen LogP contribution in [0, 0.1) is 0 Å². The maximum absolute atomic E-state index is 13.0. The van der Waals surface area contributed by atoms with Gasteiger partial charge in [0.15, 0.2) is 0 Å². The van der Waals surface area contributed by atoms with E-state index in [9.17, 15) is 35.7 Å². The zero-order valence-corrected chi connectivity index (χ0v) is 10.9. The van der Waals surface area contributed by atoms with E-state index in [0.717, 1.165) is 12.3 Å². The first kappa shape index (κ1) is 16.7. The van der Waals surface area contributed by atoms with Gasteiger partial charge in [-0.3, -0.25) is 9.69 Å². The SMILES string of the molecule is O=C1c2cccnc2OP(=O)(O)OC1(C(F)(F)F)C(F)(F)F. The van der Waals surface area contributed by atoms with Gasteiger partial charge in [-0.05, 0) is 12.1 Å². The van der Waals surface area contributed by atoms with Gasteiger partial charge < -0.3 is 4.52 Å². The maximum atomic E-state index is 13.0. The van der Waals surface area contributed by atoms with Crippen LogP contribution in [0.25, 0.3) is 0 Å². The van der Waals surface area contributed by atoms with Gasteiger partial charge in [-0.2, -0.15) is 26.3 Å². The predicted octanol–water partition coefficient (Wildman–Crippen LogP) is 2.64. The Balaban J connectivity index is 2.85. The molecule has 0 saturated carbocycles. The normalized spacial score (nSPS) is 25.1. The van der Waals surface area contributed by atoms with Crippen molar-refractivity contribution in [2.24, 2.45) is 0 Å². The highest BCUT2D eigenvalue weighted by Gasteiger charge is 2.80. The van der Waals surface area contributed by atoms with Crippen molar-refractivity contribution >= 4 is 13.6 Å². The largest absolute Gasteiger partial charge is 0.530 e. The molecule has 13 heteroatoms. The average Bonchev–Trinajstić information content (AvgIpc) is 2.41. The third kappa shape index (κ3) is 2.36. The van der Waals surface area contributed by atoms with Crippen LogP contribution in [0.4, 0.5) is 26.3 Å². The number of hydrogen-bond acceptors (Lipinski definition) is 5. The molecule has 1 unspecified atom stereocenters. The van der Waals surface area contributed by atoms with Crippen molar-refractivity contribution in [3.8, 4) is 5.88 Å². The summed E-state index contributed by atoms with van der Waals surface area (Å²) in [5.74, 6) is -3.82. The molecule has 1 aliphatic heterocycles. The Labute approximate surface area is 117 Å². The van der Waals surface area contributed by atoms with E-state index in [0.29, 0.717) is 6.07 Å². The lowest BCUT2D eigenvalue weighted by molar-refractivity contribution is -0.335. The van der Waals surface area contributed by atoms with E-state index in [1.165, 1.54) is 0 Å². The third-order valence-electron chi connectivity index (χ3n) is 2.59. The lowest BCUT2D eigenvalue weighted by Crippen LogP contribution is -2.63. The highest BCUT2D eigenvalue weighted by Crippen LogP contribution is 2.60. The van der Waals surface area contributed by atoms with E-state index in [2.05, 4.69) is 14.0 Å². The van der Waals surface area contributed by atoms with Crippen molar-refractivity contribution in [3.63, 3.8) is 0 Å². The van der Waals surface area contributed by atoms with Crippen LogP contribution >= 0.6 is 7.82 Å². The molecule has 1 atom stereocenters. The summed E-state index contributed by atoms with van der Waals surface area (Å²) in [6, 6.07) is 1.39. The van der Waals surface area contributed by atoms with E-state index in [4.69, 9.17) is 4.89 Å². The zero-order chi connectivity index (χ0) is 17.0. The molecule has 0 aromatic carbocycles. The monoisotopic (exact) mass is 351 g/mol. The summed E-state index contributed by atoms with van der Waals surface area (Å²) >= 11 is 0. The summed E-state index contributed by atoms with van der Waals surface area (Å²) in [6.07, 6.45) is -11.9. The van der Waals surface area contributed by atoms with Crippen molar-refractivity contribution in [1.29, 1.82) is 0 Å². The molecular weight excluding hydrogens is 347 g/mol. The van der Waals surface area contributed by atoms with Gasteiger partial charge >= 0.3 is 25.8 Å². The first-order chi connectivity index (χ1) is 9.82. The molecule has 0 bridgehead atoms. The number of phosphoric acid groups is 1. The molecule has 0 spiro atoms. The Hall–Kier alpha value is -1.65. The topological polar surface area (TPSA) is 85.7 Å². The number of fused-ring (bicyclic) bond motifs is 1. The third-order valence-corrected chi connectivity index (χ3v) is 3.50. The second-order valence-corrected chi connectivity index (χ2v) is 5.32. The smallest absolute Gasteiger partial charge is 0.385 e. The summed E-state index contributed by atoms with van der Waals surface area (Å²) in [4.78, 5) is 24.1. The van der Waals surface area contributed by atoms with Gasteiger partial charge in [0.2, 0.25) is 11.7 Å². The Morgan fingerprint density at radius 3 is 2.23 bits per heavy atom. The number of Topliss-reactive ketones (excluding diaryl/α,β-unsaturated/α-hetero) is 1. The fourth-order valence-corrected chi connectivity index (χ4v) is 2.73. The molecule has 2 rings (SSSR count). The standard InChI is InChI=1S/C9H4F6NO5P/c10-8(11,12)7(9(13,14)15)5(17)4-2-1-3-16-6(4)20-22(18,19)21-7/h1-3H,(H,18,19). The summed E-state index contributed by atoms with van der Waals surface area (Å²) in [7, 11) is -5.94. The number of alkyl halides is 6. The molecule has 2 heterocycles. The van der Waals surface area contributed by atoms with Gasteiger partial charge in [-0.25, -0.2) is 14.1 Å². The summed E-state index contributed by atoms with van der Waals surface area (Å²) in [6.45, 7) is 0. The highest BCUT2D eigenvalue weighted by atomic mass is 31.2. The first-order valence-corrected chi connectivity index (χ1v) is 6.68. The van der Waals surface area contributed by atoms with E-state index in [1.54, 1.807) is 0 Å². The molecule has 0 amide bonds. The molecule has 22 heavy (non-hydrogen) atoms. The van der Waals surface area contributed by atoms with E-state index in [1.807, 2.05) is 0 Å². The van der Waals surface area contributed by atoms with Gasteiger partial charge in [-0.1, -0.05) is 0 Å². The Kier molecular flexibility index (Phi) is 3.55. The molecule has 1 aromatic heterocycles. The number of phosphoric ester groups is 1. The van der Waals surface area contributed by atoms with Crippen LogP contribution in [0.15, 0.2) is 18.3 Å². The van der Waals surface area contributed by atoms with E-state index >= 15 is 0 Å². The second-order valence-electron chi connectivity index (χ2n) is 4.01.